The number of thiophene rings is 2. The third kappa shape index (κ3) is 15.2. The molecule has 0 atom stereocenters. The van der Waals surface area contributed by atoms with Crippen molar-refractivity contribution in [2.75, 3.05) is 53.5 Å². The average molecular weight is 841 g/mol. The van der Waals surface area contributed by atoms with Gasteiger partial charge < -0.3 is 46.0 Å². The minimum atomic E-state index is -0.298. The summed E-state index contributed by atoms with van der Waals surface area (Å²) in [4.78, 5) is 52.3. The maximum atomic E-state index is 13.1. The highest BCUT2D eigenvalue weighted by Crippen LogP contribution is 2.29. The molecule has 0 saturated carbocycles. The van der Waals surface area contributed by atoms with Gasteiger partial charge in [-0.1, -0.05) is 36.0 Å². The highest BCUT2D eigenvalue weighted by Gasteiger charge is 2.33. The zero-order valence-corrected chi connectivity index (χ0v) is 34.0. The van der Waals surface area contributed by atoms with Crippen LogP contribution >= 0.6 is 22.7 Å². The van der Waals surface area contributed by atoms with Gasteiger partial charge in [-0.3, -0.25) is 19.2 Å². The van der Waals surface area contributed by atoms with Crippen molar-refractivity contribution in [2.45, 2.75) is 64.2 Å². The average Bonchev–Trinajstić information content (AvgIpc) is 3.97. The van der Waals surface area contributed by atoms with E-state index in [1.807, 2.05) is 0 Å². The van der Waals surface area contributed by atoms with Gasteiger partial charge in [0, 0.05) is 58.3 Å². The number of amides is 1. The number of hydrogen-bond acceptors (Lipinski definition) is 15. The largest absolute Gasteiger partial charge is 0.469 e. The molecule has 4 aromatic rings. The van der Waals surface area contributed by atoms with Crippen LogP contribution in [0, 0.1) is 22.1 Å². The van der Waals surface area contributed by atoms with E-state index in [-0.39, 0.29) is 57.2 Å². The summed E-state index contributed by atoms with van der Waals surface area (Å²) in [6.45, 7) is 5.07. The molecule has 0 unspecified atom stereocenters. The number of hydrogen-bond donors (Lipinski definition) is 3. The quantitative estimate of drug-likeness (QED) is 0.0540. The van der Waals surface area contributed by atoms with Gasteiger partial charge in [0.05, 0.1) is 28.7 Å². The number of ketones is 2. The number of nitrogens with two attached hydrogens (primary N) is 1. The molecular weight excluding hydrogens is 787 g/mol. The molecule has 0 aromatic carbocycles. The number of aliphatic hydroxyl groups is 1. The Morgan fingerprint density at radius 3 is 1.51 bits per heavy atom. The lowest BCUT2D eigenvalue weighted by atomic mass is 9.99. The van der Waals surface area contributed by atoms with Crippen molar-refractivity contribution in [2.24, 2.45) is 17.6 Å². The van der Waals surface area contributed by atoms with E-state index in [0.29, 0.717) is 45.5 Å². The van der Waals surface area contributed by atoms with Gasteiger partial charge in [-0.25, -0.2) is 0 Å². The molecule has 57 heavy (non-hydrogen) atoms. The number of esters is 1. The summed E-state index contributed by atoms with van der Waals surface area (Å²) in [5.74, 6) is 0.467. The molecule has 0 bridgehead atoms. The SMILES string of the molecule is CO.COC(=O)C1CN(CCCCCCC(=O)c2cc(-c3ccc(F)s3)on2)C1.N.NC(=O)C1CN(CCCCCCC(=O)c2cc(-c3ccc(F)s3)on2)C1.O. The maximum absolute atomic E-state index is 13.1. The van der Waals surface area contributed by atoms with Crippen LogP contribution in [-0.4, -0.2) is 108 Å². The first kappa shape index (κ1) is 48.9. The molecule has 19 heteroatoms. The van der Waals surface area contributed by atoms with Gasteiger partial charge in [0.1, 0.15) is 11.4 Å². The Kier molecular flexibility index (Phi) is 21.6. The number of ether oxygens (including phenoxy) is 1. The predicted octanol–water partition coefficient (Wildman–Crippen LogP) is 5.82. The first-order chi connectivity index (χ1) is 26.6. The summed E-state index contributed by atoms with van der Waals surface area (Å²) >= 11 is 1.93. The summed E-state index contributed by atoms with van der Waals surface area (Å²) in [6, 6.07) is 9.10. The molecule has 0 radical (unpaired) electrons. The van der Waals surface area contributed by atoms with Crippen LogP contribution in [0.3, 0.4) is 0 Å². The molecule has 4 aromatic heterocycles. The molecule has 2 aliphatic rings. The number of Topliss-reactive ketones (excluding diaryl/α,β-unsaturated/α-hetero) is 2. The predicted molar refractivity (Wildman–Crippen MR) is 212 cm³/mol. The lowest BCUT2D eigenvalue weighted by Gasteiger charge is -2.37. The Bertz CT molecular complexity index is 1820. The summed E-state index contributed by atoms with van der Waals surface area (Å²) < 4.78 is 41.1. The van der Waals surface area contributed by atoms with Gasteiger partial charge in [-0.05, 0) is 63.0 Å². The summed E-state index contributed by atoms with van der Waals surface area (Å²) in [6.07, 6.45) is 8.61. The van der Waals surface area contributed by atoms with Gasteiger partial charge in [-0.2, -0.15) is 8.78 Å². The Labute approximate surface area is 338 Å². The van der Waals surface area contributed by atoms with Crippen LogP contribution in [0.15, 0.2) is 45.4 Å². The van der Waals surface area contributed by atoms with E-state index in [1.165, 1.54) is 19.2 Å². The standard InChI is InChI=1S/C19H23FN2O4S.C18H22FN3O3S.CH4O.H3N.H2O/c1-25-19(24)13-11-22(12-13)9-5-3-2-4-6-15(23)14-10-16(26-21-14)17-7-8-18(20)27-17;19-17-7-6-16(26-17)15-9-13(21-25-15)14(23)5-3-1-2-4-8-22-10-12(11-22)18(20)24;1-2;;/h7-8,10,13H,2-6,9,11-12H2,1H3;6-7,9,12H,1-5,8,10-11H2,(H2,20,24);2H,1H3;1H3;1H2. The second-order valence-corrected chi connectivity index (χ2v) is 15.4. The van der Waals surface area contributed by atoms with E-state index in [9.17, 15) is 28.0 Å². The molecule has 0 aliphatic carbocycles. The first-order valence-electron chi connectivity index (χ1n) is 18.4. The Balaban J connectivity index is 0.000000365. The fourth-order valence-electron chi connectivity index (χ4n) is 6.14. The van der Waals surface area contributed by atoms with Crippen LogP contribution in [0.25, 0.3) is 21.3 Å². The van der Waals surface area contributed by atoms with Crippen molar-refractivity contribution in [3.8, 4) is 21.3 Å². The third-order valence-corrected chi connectivity index (χ3v) is 11.1. The number of carbonyl (C=O) groups is 4. The van der Waals surface area contributed by atoms with E-state index in [2.05, 4.69) is 20.1 Å². The molecule has 316 valence electrons. The molecule has 2 fully saturated rings. The summed E-state index contributed by atoms with van der Waals surface area (Å²) in [7, 11) is 2.42. The Morgan fingerprint density at radius 1 is 0.737 bits per heavy atom. The number of aromatic nitrogens is 2. The van der Waals surface area contributed by atoms with Crippen LogP contribution < -0.4 is 11.9 Å². The number of primary amides is 1. The van der Waals surface area contributed by atoms with E-state index < -0.39 is 0 Å². The zero-order valence-electron chi connectivity index (χ0n) is 32.4. The highest BCUT2D eigenvalue weighted by molar-refractivity contribution is 7.14. The molecule has 15 nitrogen and oxygen atoms in total. The van der Waals surface area contributed by atoms with Gasteiger partial charge in [-0.15, -0.1) is 22.7 Å². The highest BCUT2D eigenvalue weighted by atomic mass is 32.1. The van der Waals surface area contributed by atoms with Crippen LogP contribution in [0.2, 0.25) is 0 Å². The van der Waals surface area contributed by atoms with Crippen molar-refractivity contribution in [3.05, 3.63) is 58.0 Å². The van der Waals surface area contributed by atoms with Crippen molar-refractivity contribution in [3.63, 3.8) is 0 Å². The van der Waals surface area contributed by atoms with Crippen molar-refractivity contribution in [1.29, 1.82) is 0 Å². The molecule has 6 rings (SSSR count). The molecular formula is C38H54F2N6O9S2. The number of nitrogens with zero attached hydrogens (tertiary/aromatic N) is 4. The number of carbonyl (C=O) groups excluding carboxylic acids is 4. The van der Waals surface area contributed by atoms with Crippen molar-refractivity contribution in [1.82, 2.24) is 26.3 Å². The van der Waals surface area contributed by atoms with Crippen LogP contribution in [0.1, 0.15) is 85.2 Å². The van der Waals surface area contributed by atoms with E-state index in [0.717, 1.165) is 120 Å². The number of methoxy groups -OCH3 is 1. The topological polar surface area (TPSA) is 249 Å². The minimum Gasteiger partial charge on any atom is -0.469 e. The molecule has 1 amide bonds. The molecule has 8 N–H and O–H groups in total. The molecule has 2 aliphatic heterocycles. The molecule has 6 heterocycles. The third-order valence-electron chi connectivity index (χ3n) is 9.33. The molecule has 2 saturated heterocycles. The maximum Gasteiger partial charge on any atom is 0.311 e. The monoisotopic (exact) mass is 840 g/mol. The van der Waals surface area contributed by atoms with E-state index in [1.54, 1.807) is 24.3 Å². The van der Waals surface area contributed by atoms with Crippen LogP contribution in [-0.2, 0) is 14.3 Å². The number of rotatable bonds is 20. The number of likely N-dealkylation sites (tertiary alicyclic amines) is 2. The summed E-state index contributed by atoms with van der Waals surface area (Å²) in [5, 5.41) is 14.0. The second kappa shape index (κ2) is 25.2. The first-order valence-corrected chi connectivity index (χ1v) is 20.0. The normalized spacial score (nSPS) is 14.1. The van der Waals surface area contributed by atoms with Gasteiger partial charge in [0.2, 0.25) is 5.91 Å². The van der Waals surface area contributed by atoms with Crippen molar-refractivity contribution < 1.29 is 52.3 Å². The number of aliphatic hydroxyl groups excluding tert-OH is 1. The van der Waals surface area contributed by atoms with Gasteiger partial charge >= 0.3 is 5.97 Å². The van der Waals surface area contributed by atoms with E-state index >= 15 is 0 Å². The fourth-order valence-corrected chi connectivity index (χ4v) is 7.50. The second-order valence-electron chi connectivity index (χ2n) is 13.4. The van der Waals surface area contributed by atoms with E-state index in [4.69, 9.17) is 24.6 Å². The number of unbranched alkanes of at least 4 members (excludes halogenated alkanes) is 6. The Hall–Kier alpha value is -4.24. The number of halogens is 2. The zero-order chi connectivity index (χ0) is 39.7. The fraction of sp³-hybridized carbons (Fsp3) is 0.526. The molecule has 0 spiro atoms. The summed E-state index contributed by atoms with van der Waals surface area (Å²) in [5.41, 5.74) is 5.84. The lowest BCUT2D eigenvalue weighted by molar-refractivity contribution is -0.151. The van der Waals surface area contributed by atoms with Crippen LogP contribution in [0.4, 0.5) is 8.78 Å². The van der Waals surface area contributed by atoms with Crippen LogP contribution in [0.5, 0.6) is 0 Å². The van der Waals surface area contributed by atoms with Crippen molar-refractivity contribution >= 4 is 46.1 Å². The smallest absolute Gasteiger partial charge is 0.311 e. The lowest BCUT2D eigenvalue weighted by Crippen LogP contribution is -2.52. The van der Waals surface area contributed by atoms with Gasteiger partial charge in [0.25, 0.3) is 0 Å². The minimum absolute atomic E-state index is 0. The Morgan fingerprint density at radius 2 is 1.14 bits per heavy atom. The van der Waals surface area contributed by atoms with Gasteiger partial charge in [0.15, 0.2) is 33.3 Å².